The monoisotopic (exact) mass is 170 g/mol. The molecule has 0 aliphatic carbocycles. The Balaban J connectivity index is 3.31. The van der Waals surface area contributed by atoms with E-state index >= 15 is 0 Å². The molecule has 0 amide bonds. The third-order valence-corrected chi connectivity index (χ3v) is 1.68. The molecule has 0 aliphatic rings. The van der Waals surface area contributed by atoms with Gasteiger partial charge < -0.3 is 4.74 Å². The van der Waals surface area contributed by atoms with Crippen LogP contribution in [0.1, 0.15) is 27.2 Å². The fourth-order valence-electron chi connectivity index (χ4n) is 0.665. The number of hydrogen-bond donors (Lipinski definition) is 0. The quantitative estimate of drug-likeness (QED) is 0.451. The highest BCUT2D eigenvalue weighted by atomic mass is 16.5. The van der Waals surface area contributed by atoms with E-state index in [1.807, 2.05) is 13.0 Å². The standard InChI is InChI=1S/C10H18O2/c1-4-5-6-7-12-8-9(2)10(3)11/h5-6,9H,4,7-8H2,1-3H3. The zero-order valence-electron chi connectivity index (χ0n) is 8.17. The minimum atomic E-state index is 0.0278. The minimum Gasteiger partial charge on any atom is -0.377 e. The molecule has 0 fully saturated rings. The van der Waals surface area contributed by atoms with Gasteiger partial charge in [0.05, 0.1) is 13.2 Å². The summed E-state index contributed by atoms with van der Waals surface area (Å²) in [4.78, 5) is 10.8. The van der Waals surface area contributed by atoms with Crippen LogP contribution in [0.4, 0.5) is 0 Å². The summed E-state index contributed by atoms with van der Waals surface area (Å²) in [6.45, 7) is 6.70. The summed E-state index contributed by atoms with van der Waals surface area (Å²) in [5.41, 5.74) is 0. The lowest BCUT2D eigenvalue weighted by atomic mass is 10.1. The molecule has 1 unspecified atom stereocenters. The van der Waals surface area contributed by atoms with E-state index in [2.05, 4.69) is 13.0 Å². The first-order chi connectivity index (χ1) is 5.68. The predicted octanol–water partition coefficient (Wildman–Crippen LogP) is 2.19. The minimum absolute atomic E-state index is 0.0278. The molecule has 0 rings (SSSR count). The van der Waals surface area contributed by atoms with Crippen molar-refractivity contribution in [2.75, 3.05) is 13.2 Å². The number of carbonyl (C=O) groups excluding carboxylic acids is 1. The molecular weight excluding hydrogens is 152 g/mol. The summed E-state index contributed by atoms with van der Waals surface area (Å²) in [6.07, 6.45) is 5.07. The van der Waals surface area contributed by atoms with Crippen LogP contribution in [-0.4, -0.2) is 19.0 Å². The maximum Gasteiger partial charge on any atom is 0.134 e. The van der Waals surface area contributed by atoms with Crippen molar-refractivity contribution in [1.29, 1.82) is 0 Å². The van der Waals surface area contributed by atoms with Gasteiger partial charge in [-0.25, -0.2) is 0 Å². The molecule has 0 heterocycles. The molecule has 0 N–H and O–H groups in total. The van der Waals surface area contributed by atoms with Crippen LogP contribution in [0.25, 0.3) is 0 Å². The third kappa shape index (κ3) is 6.10. The van der Waals surface area contributed by atoms with E-state index in [0.29, 0.717) is 13.2 Å². The van der Waals surface area contributed by atoms with Crippen molar-refractivity contribution in [3.05, 3.63) is 12.2 Å². The van der Waals surface area contributed by atoms with Crippen LogP contribution in [0, 0.1) is 5.92 Å². The Morgan fingerprint density at radius 3 is 2.67 bits per heavy atom. The zero-order chi connectivity index (χ0) is 9.40. The zero-order valence-corrected chi connectivity index (χ0v) is 8.17. The van der Waals surface area contributed by atoms with Gasteiger partial charge in [-0.15, -0.1) is 0 Å². The Morgan fingerprint density at radius 2 is 2.17 bits per heavy atom. The molecule has 0 aromatic heterocycles. The number of ketones is 1. The molecule has 0 saturated carbocycles. The Labute approximate surface area is 74.6 Å². The Hall–Kier alpha value is -0.630. The molecule has 1 atom stereocenters. The molecule has 0 aromatic rings. The molecular formula is C10H18O2. The number of hydrogen-bond acceptors (Lipinski definition) is 2. The van der Waals surface area contributed by atoms with Gasteiger partial charge in [0.15, 0.2) is 0 Å². The molecule has 0 bridgehead atoms. The van der Waals surface area contributed by atoms with Crippen LogP contribution in [0.5, 0.6) is 0 Å². The number of allylic oxidation sites excluding steroid dienone is 1. The number of carbonyl (C=O) groups is 1. The topological polar surface area (TPSA) is 26.3 Å². The first kappa shape index (κ1) is 11.4. The van der Waals surface area contributed by atoms with E-state index < -0.39 is 0 Å². The van der Waals surface area contributed by atoms with Gasteiger partial charge in [-0.2, -0.15) is 0 Å². The Morgan fingerprint density at radius 1 is 1.50 bits per heavy atom. The molecule has 0 aliphatic heterocycles. The molecule has 12 heavy (non-hydrogen) atoms. The van der Waals surface area contributed by atoms with Crippen LogP contribution >= 0.6 is 0 Å². The number of Topliss-reactive ketones (excluding diaryl/α,β-unsaturated/α-hetero) is 1. The fraction of sp³-hybridized carbons (Fsp3) is 0.700. The van der Waals surface area contributed by atoms with Crippen LogP contribution in [0.2, 0.25) is 0 Å². The van der Waals surface area contributed by atoms with Crippen LogP contribution < -0.4 is 0 Å². The van der Waals surface area contributed by atoms with Gasteiger partial charge >= 0.3 is 0 Å². The van der Waals surface area contributed by atoms with Gasteiger partial charge in [0.25, 0.3) is 0 Å². The second-order valence-electron chi connectivity index (χ2n) is 2.93. The molecule has 0 aromatic carbocycles. The fourth-order valence-corrected chi connectivity index (χ4v) is 0.665. The van der Waals surface area contributed by atoms with E-state index in [-0.39, 0.29) is 11.7 Å². The van der Waals surface area contributed by atoms with Gasteiger partial charge in [0.2, 0.25) is 0 Å². The third-order valence-electron chi connectivity index (χ3n) is 1.68. The summed E-state index contributed by atoms with van der Waals surface area (Å²) in [5.74, 6) is 0.217. The lowest BCUT2D eigenvalue weighted by Gasteiger charge is -2.05. The van der Waals surface area contributed by atoms with E-state index in [9.17, 15) is 4.79 Å². The largest absolute Gasteiger partial charge is 0.377 e. The highest BCUT2D eigenvalue weighted by molar-refractivity contribution is 5.77. The van der Waals surface area contributed by atoms with E-state index in [1.165, 1.54) is 0 Å². The van der Waals surface area contributed by atoms with Crippen molar-refractivity contribution in [2.24, 2.45) is 5.92 Å². The molecule has 0 radical (unpaired) electrons. The summed E-state index contributed by atoms with van der Waals surface area (Å²) >= 11 is 0. The first-order valence-electron chi connectivity index (χ1n) is 4.41. The maximum atomic E-state index is 10.8. The second-order valence-corrected chi connectivity index (χ2v) is 2.93. The summed E-state index contributed by atoms with van der Waals surface area (Å²) in [7, 11) is 0. The average Bonchev–Trinajstić information content (AvgIpc) is 2.03. The van der Waals surface area contributed by atoms with Gasteiger partial charge in [-0.1, -0.05) is 26.0 Å². The predicted molar refractivity (Wildman–Crippen MR) is 50.1 cm³/mol. The summed E-state index contributed by atoms with van der Waals surface area (Å²) in [5, 5.41) is 0. The molecule has 70 valence electrons. The Bertz CT molecular complexity index is 150. The van der Waals surface area contributed by atoms with Crippen LogP contribution in [0.3, 0.4) is 0 Å². The van der Waals surface area contributed by atoms with Crippen molar-refractivity contribution in [3.63, 3.8) is 0 Å². The number of ether oxygens (including phenoxy) is 1. The smallest absolute Gasteiger partial charge is 0.134 e. The van der Waals surface area contributed by atoms with Crippen molar-refractivity contribution < 1.29 is 9.53 Å². The SMILES string of the molecule is CCC=CCOCC(C)C(C)=O. The van der Waals surface area contributed by atoms with Crippen molar-refractivity contribution in [1.82, 2.24) is 0 Å². The lowest BCUT2D eigenvalue weighted by Crippen LogP contribution is -2.13. The average molecular weight is 170 g/mol. The Kier molecular flexibility index (Phi) is 6.67. The van der Waals surface area contributed by atoms with Gasteiger partial charge in [-0.3, -0.25) is 4.79 Å². The second kappa shape index (κ2) is 7.04. The molecule has 2 nitrogen and oxygen atoms in total. The van der Waals surface area contributed by atoms with E-state index in [4.69, 9.17) is 4.74 Å². The maximum absolute atomic E-state index is 10.8. The van der Waals surface area contributed by atoms with Crippen molar-refractivity contribution in [2.45, 2.75) is 27.2 Å². The van der Waals surface area contributed by atoms with E-state index in [0.717, 1.165) is 6.42 Å². The molecule has 0 spiro atoms. The lowest BCUT2D eigenvalue weighted by molar-refractivity contribution is -0.121. The highest BCUT2D eigenvalue weighted by Crippen LogP contribution is 1.96. The van der Waals surface area contributed by atoms with Crippen LogP contribution in [-0.2, 0) is 9.53 Å². The normalized spacial score (nSPS) is 13.6. The van der Waals surface area contributed by atoms with Crippen LogP contribution in [0.15, 0.2) is 12.2 Å². The van der Waals surface area contributed by atoms with Gasteiger partial charge in [0.1, 0.15) is 5.78 Å². The first-order valence-corrected chi connectivity index (χ1v) is 4.41. The number of rotatable bonds is 6. The van der Waals surface area contributed by atoms with Gasteiger partial charge in [0, 0.05) is 5.92 Å². The molecule has 2 heteroatoms. The van der Waals surface area contributed by atoms with E-state index in [1.54, 1.807) is 6.92 Å². The van der Waals surface area contributed by atoms with Gasteiger partial charge in [-0.05, 0) is 13.3 Å². The highest BCUT2D eigenvalue weighted by Gasteiger charge is 2.05. The van der Waals surface area contributed by atoms with Crippen molar-refractivity contribution in [3.8, 4) is 0 Å². The van der Waals surface area contributed by atoms with Crippen molar-refractivity contribution >= 4 is 5.78 Å². The summed E-state index contributed by atoms with van der Waals surface area (Å²) in [6, 6.07) is 0. The molecule has 0 saturated heterocycles. The summed E-state index contributed by atoms with van der Waals surface area (Å²) < 4.78 is 5.25.